The molecule has 0 aromatic heterocycles. The highest BCUT2D eigenvalue weighted by Gasteiger charge is 2.31. The molecule has 1 aromatic carbocycles. The number of alkyl halides is 3. The summed E-state index contributed by atoms with van der Waals surface area (Å²) in [5, 5.41) is 5.13. The fourth-order valence-corrected chi connectivity index (χ4v) is 3.03. The highest BCUT2D eigenvalue weighted by molar-refractivity contribution is 7.90. The Morgan fingerprint density at radius 3 is 2.27 bits per heavy atom. The van der Waals surface area contributed by atoms with E-state index in [1.807, 2.05) is 0 Å². The molecule has 8 nitrogen and oxygen atoms in total. The molecule has 0 aliphatic rings. The fourth-order valence-electron chi connectivity index (χ4n) is 2.27. The van der Waals surface area contributed by atoms with Crippen molar-refractivity contribution in [1.82, 2.24) is 10.6 Å². The van der Waals surface area contributed by atoms with E-state index in [1.54, 1.807) is 7.05 Å². The molecule has 0 saturated carbocycles. The normalized spacial score (nSPS) is 13.1. The quantitative estimate of drug-likeness (QED) is 0.268. The van der Waals surface area contributed by atoms with Crippen molar-refractivity contribution >= 4 is 57.5 Å². The molecule has 1 aromatic rings. The monoisotopic (exact) mass is 508 g/mol. The van der Waals surface area contributed by atoms with E-state index in [0.29, 0.717) is 13.0 Å². The molecule has 0 saturated heterocycles. The molecule has 1 amide bonds. The average molecular weight is 510 g/mol. The van der Waals surface area contributed by atoms with Crippen molar-refractivity contribution in [2.45, 2.75) is 28.3 Å². The topological polar surface area (TPSA) is 111 Å². The first-order chi connectivity index (χ1) is 13.6. The van der Waals surface area contributed by atoms with Gasteiger partial charge in [0.1, 0.15) is 6.67 Å². The van der Waals surface area contributed by atoms with Crippen molar-refractivity contribution < 1.29 is 31.9 Å². The first-order valence-corrected chi connectivity index (χ1v) is 11.3. The third-order valence-corrected chi connectivity index (χ3v) is 5.23. The van der Waals surface area contributed by atoms with Crippen LogP contribution < -0.4 is 10.6 Å². The summed E-state index contributed by atoms with van der Waals surface area (Å²) < 4.78 is 47.0. The van der Waals surface area contributed by atoms with E-state index < -0.39 is 45.6 Å². The molecule has 0 bridgehead atoms. The lowest BCUT2D eigenvalue weighted by Gasteiger charge is -2.26. The first kappa shape index (κ1) is 28.7. The van der Waals surface area contributed by atoms with Gasteiger partial charge < -0.3 is 20.1 Å². The Labute approximate surface area is 191 Å². The number of carbonyl (C=O) groups excluding carboxylic acids is 2. The van der Waals surface area contributed by atoms with Crippen molar-refractivity contribution in [3.05, 3.63) is 29.8 Å². The molecule has 0 fully saturated rings. The molecule has 172 valence electrons. The van der Waals surface area contributed by atoms with Crippen LogP contribution in [0.3, 0.4) is 0 Å². The Balaban J connectivity index is 0.00000841. The van der Waals surface area contributed by atoms with Crippen molar-refractivity contribution in [2.24, 2.45) is 0 Å². The van der Waals surface area contributed by atoms with E-state index in [4.69, 9.17) is 32.7 Å². The van der Waals surface area contributed by atoms with Gasteiger partial charge in [0.25, 0.3) is 5.91 Å². The molecular weight excluding hydrogens is 486 g/mol. The number of sulfone groups is 1. The first-order valence-electron chi connectivity index (χ1n) is 8.52. The zero-order chi connectivity index (χ0) is 22.0. The van der Waals surface area contributed by atoms with Gasteiger partial charge >= 0.3 is 6.16 Å². The van der Waals surface area contributed by atoms with Gasteiger partial charge in [-0.05, 0) is 37.7 Å². The van der Waals surface area contributed by atoms with E-state index >= 15 is 0 Å². The maximum atomic E-state index is 13.7. The second kappa shape index (κ2) is 13.9. The number of benzene rings is 1. The van der Waals surface area contributed by atoms with Crippen LogP contribution in [0.4, 0.5) is 9.18 Å². The summed E-state index contributed by atoms with van der Waals surface area (Å²) >= 11 is 11.0. The summed E-state index contributed by atoms with van der Waals surface area (Å²) in [7, 11) is -1.72. The molecular formula is C17H24Cl3FN2O6S. The Morgan fingerprint density at radius 2 is 1.80 bits per heavy atom. The van der Waals surface area contributed by atoms with Crippen molar-refractivity contribution in [3.63, 3.8) is 0 Å². The fraction of sp³-hybridized carbons (Fsp3) is 0.529. The van der Waals surface area contributed by atoms with Gasteiger partial charge in [0.15, 0.2) is 20.8 Å². The Kier molecular flexibility index (Phi) is 13.3. The summed E-state index contributed by atoms with van der Waals surface area (Å²) in [5.41, 5.74) is 0.244. The second-order valence-corrected chi connectivity index (χ2v) is 9.12. The molecule has 30 heavy (non-hydrogen) atoms. The number of amides is 1. The van der Waals surface area contributed by atoms with Crippen LogP contribution >= 0.6 is 35.6 Å². The van der Waals surface area contributed by atoms with Crippen molar-refractivity contribution in [3.8, 4) is 0 Å². The van der Waals surface area contributed by atoms with E-state index in [1.165, 1.54) is 24.3 Å². The molecule has 1 rings (SSSR count). The maximum absolute atomic E-state index is 13.7. The highest BCUT2D eigenvalue weighted by Crippen LogP contribution is 2.25. The molecule has 13 heteroatoms. The number of hydrogen-bond acceptors (Lipinski definition) is 7. The van der Waals surface area contributed by atoms with Gasteiger partial charge in [0, 0.05) is 6.26 Å². The van der Waals surface area contributed by atoms with Crippen molar-refractivity contribution in [1.29, 1.82) is 0 Å². The van der Waals surface area contributed by atoms with E-state index in [0.717, 1.165) is 6.26 Å². The summed E-state index contributed by atoms with van der Waals surface area (Å²) in [6.07, 6.45) is -0.812. The molecule has 2 N–H and O–H groups in total. The van der Waals surface area contributed by atoms with Gasteiger partial charge in [-0.3, -0.25) is 4.79 Å². The molecule has 0 aliphatic heterocycles. The summed E-state index contributed by atoms with van der Waals surface area (Å²) in [6, 6.07) is 3.94. The predicted molar refractivity (Wildman–Crippen MR) is 114 cm³/mol. The number of hydrogen-bond donors (Lipinski definition) is 2. The minimum Gasteiger partial charge on any atom is -0.434 e. The highest BCUT2D eigenvalue weighted by atomic mass is 35.5. The summed E-state index contributed by atoms with van der Waals surface area (Å²) in [5.74, 6) is -0.875. The second-order valence-electron chi connectivity index (χ2n) is 6.01. The number of rotatable bonds is 11. The van der Waals surface area contributed by atoms with Gasteiger partial charge in [-0.25, -0.2) is 17.6 Å². The maximum Gasteiger partial charge on any atom is 0.508 e. The van der Waals surface area contributed by atoms with Crippen LogP contribution in [-0.4, -0.2) is 64.5 Å². The van der Waals surface area contributed by atoms with E-state index in [2.05, 4.69) is 10.6 Å². The summed E-state index contributed by atoms with van der Waals surface area (Å²) in [6.45, 7) is -0.436. The molecule has 0 aliphatic carbocycles. The molecule has 0 unspecified atom stereocenters. The van der Waals surface area contributed by atoms with Crippen LogP contribution in [0.5, 0.6) is 0 Å². The zero-order valence-electron chi connectivity index (χ0n) is 16.3. The van der Waals surface area contributed by atoms with Crippen molar-refractivity contribution in [2.75, 3.05) is 33.1 Å². The smallest absolute Gasteiger partial charge is 0.434 e. The van der Waals surface area contributed by atoms with E-state index in [9.17, 15) is 22.4 Å². The third kappa shape index (κ3) is 9.65. The van der Waals surface area contributed by atoms with Crippen LogP contribution in [0.1, 0.15) is 18.1 Å². The average Bonchev–Trinajstić information content (AvgIpc) is 2.67. The number of carbonyl (C=O) groups is 2. The van der Waals surface area contributed by atoms with Gasteiger partial charge in [-0.1, -0.05) is 35.3 Å². The number of nitrogens with one attached hydrogen (secondary N) is 2. The van der Waals surface area contributed by atoms with Gasteiger partial charge in [0.05, 0.1) is 17.5 Å². The lowest BCUT2D eigenvalue weighted by Crippen LogP contribution is -2.44. The SMILES string of the molecule is CNCCCOC(=O)O[C@H](c1ccc(S(C)(=O)=O)cc1)[C@@H](CF)NC(=O)C(Cl)Cl.Cl. The van der Waals surface area contributed by atoms with Crippen LogP contribution in [0.2, 0.25) is 0 Å². The minimum absolute atomic E-state index is 0. The Bertz CT molecular complexity index is 780. The van der Waals surface area contributed by atoms with Crippen LogP contribution in [0.15, 0.2) is 29.2 Å². The Hall–Kier alpha value is -1.33. The lowest BCUT2D eigenvalue weighted by atomic mass is 10.0. The van der Waals surface area contributed by atoms with Crippen LogP contribution in [0.25, 0.3) is 0 Å². The lowest BCUT2D eigenvalue weighted by molar-refractivity contribution is -0.121. The largest absolute Gasteiger partial charge is 0.508 e. The van der Waals surface area contributed by atoms with Gasteiger partial charge in [0.2, 0.25) is 0 Å². The van der Waals surface area contributed by atoms with Crippen LogP contribution in [-0.2, 0) is 24.1 Å². The number of ether oxygens (including phenoxy) is 2. The number of halogens is 4. The standard InChI is InChI=1S/C17H23Cl2FN2O6S.ClH/c1-21-8-3-9-27-17(24)28-14(13(10-20)22-16(23)15(18)19)11-4-6-12(7-5-11)29(2,25)26;/h4-7,13-15,21H,3,8-10H2,1-2H3,(H,22,23);1H/t13-,14-;/m1./s1. The Morgan fingerprint density at radius 1 is 1.20 bits per heavy atom. The van der Waals surface area contributed by atoms with Gasteiger partial charge in [-0.15, -0.1) is 12.4 Å². The third-order valence-electron chi connectivity index (χ3n) is 3.71. The molecule has 0 heterocycles. The summed E-state index contributed by atoms with van der Waals surface area (Å²) in [4.78, 5) is 22.3. The molecule has 0 radical (unpaired) electrons. The molecule has 2 atom stereocenters. The van der Waals surface area contributed by atoms with Crippen LogP contribution in [0, 0.1) is 0 Å². The minimum atomic E-state index is -3.46. The predicted octanol–water partition coefficient (Wildman–Crippen LogP) is 2.57. The molecule has 0 spiro atoms. The van der Waals surface area contributed by atoms with Gasteiger partial charge in [-0.2, -0.15) is 0 Å². The van der Waals surface area contributed by atoms with E-state index in [-0.39, 0.29) is 29.5 Å². The zero-order valence-corrected chi connectivity index (χ0v) is 19.4.